The Kier molecular flexibility index (Phi) is 15.8. The number of nitrogens with two attached hydrogens (primary N) is 2. The van der Waals surface area contributed by atoms with E-state index in [4.69, 9.17) is 21.7 Å². The van der Waals surface area contributed by atoms with E-state index in [9.17, 15) is 49.1 Å². The Labute approximate surface area is 437 Å². The summed E-state index contributed by atoms with van der Waals surface area (Å²) in [5, 5.41) is 82.3. The Morgan fingerprint density at radius 2 is 0.805 bits per heavy atom. The van der Waals surface area contributed by atoms with E-state index in [0.717, 1.165) is 18.2 Å². The van der Waals surface area contributed by atoms with Gasteiger partial charge in [-0.3, -0.25) is 13.7 Å². The van der Waals surface area contributed by atoms with Gasteiger partial charge in [-0.2, -0.15) is 45.7 Å². The monoisotopic (exact) mass is 1110 g/mol. The maximum Gasteiger partial charge on any atom is 0.296 e. The van der Waals surface area contributed by atoms with Crippen LogP contribution in [0.15, 0.2) is 183 Å². The van der Waals surface area contributed by atoms with Crippen molar-refractivity contribution in [1.82, 2.24) is 0 Å². The van der Waals surface area contributed by atoms with Crippen LogP contribution in [-0.4, -0.2) is 85.6 Å². The number of azo groups is 4. The molecule has 0 radical (unpaired) electrons. The number of benzene rings is 8. The van der Waals surface area contributed by atoms with E-state index in [1.54, 1.807) is 36.4 Å². The van der Waals surface area contributed by atoms with Crippen LogP contribution in [0.1, 0.15) is 0 Å². The van der Waals surface area contributed by atoms with Gasteiger partial charge in [-0.15, -0.1) is 20.5 Å². The van der Waals surface area contributed by atoms with Gasteiger partial charge in [-0.05, 0) is 126 Å². The molecule has 29 heteroatoms. The first kappa shape index (κ1) is 54.2. The number of aliphatic hydroxyl groups is 2. The molecule has 0 aliphatic rings. The summed E-state index contributed by atoms with van der Waals surface area (Å²) in [5.41, 5.74) is 13.6. The van der Waals surface area contributed by atoms with E-state index in [2.05, 4.69) is 56.9 Å². The normalized spacial score (nSPS) is 12.5. The summed E-state index contributed by atoms with van der Waals surface area (Å²) in [6.45, 7) is 0.437. The zero-order valence-electron chi connectivity index (χ0n) is 39.5. The molecule has 0 unspecified atom stereocenters. The maximum atomic E-state index is 12.7. The van der Waals surface area contributed by atoms with Crippen molar-refractivity contribution in [3.8, 4) is 11.5 Å². The standard InChI is InChI=1S/C48H43N13O13S3/c49-37-23-30(51-15-17-62)9-12-39(37)58-55-32-3-1-26-19-43(76(69,70)71)45(47(64)35(26)21-32)60-54-29-7-5-28(6-8-29)53-41-14-11-34(25-42(41)75(66,67)68)57-61-46-44(77(72,73)74)20-27-2-4-33(22-36(27)48(46)65)56-59-40-13-10-31(24-38(40)50)52-16-18-63/h1-14,19-25,51-53,62-65H,15-18,49-50H2,(H,66,67,68)(H,69,70,71)(H,72,73,74). The summed E-state index contributed by atoms with van der Waals surface area (Å²) in [7, 11) is -15.0. The number of phenols is 2. The molecule has 0 atom stereocenters. The van der Waals surface area contributed by atoms with Crippen LogP contribution in [0.25, 0.3) is 21.5 Å². The van der Waals surface area contributed by atoms with Crippen LogP contribution < -0.4 is 27.4 Å². The molecule has 0 aliphatic carbocycles. The van der Waals surface area contributed by atoms with Crippen molar-refractivity contribution in [2.75, 3.05) is 53.7 Å². The van der Waals surface area contributed by atoms with Crippen molar-refractivity contribution in [3.63, 3.8) is 0 Å². The van der Waals surface area contributed by atoms with E-state index < -0.39 is 67.9 Å². The van der Waals surface area contributed by atoms with Crippen LogP contribution in [-0.2, 0) is 30.4 Å². The summed E-state index contributed by atoms with van der Waals surface area (Å²) in [6, 6.07) is 29.2. The van der Waals surface area contributed by atoms with Gasteiger partial charge in [0, 0.05) is 40.9 Å². The van der Waals surface area contributed by atoms with E-state index in [1.807, 2.05) is 0 Å². The largest absolute Gasteiger partial charge is 0.505 e. The zero-order chi connectivity index (χ0) is 55.2. The average molecular weight is 1110 g/mol. The van der Waals surface area contributed by atoms with E-state index in [1.165, 1.54) is 72.8 Å². The van der Waals surface area contributed by atoms with Gasteiger partial charge in [-0.25, -0.2) is 0 Å². The second-order valence-electron chi connectivity index (χ2n) is 16.4. The fourth-order valence-corrected chi connectivity index (χ4v) is 9.36. The number of hydrogen-bond donors (Lipinski definition) is 12. The molecule has 0 spiro atoms. The highest BCUT2D eigenvalue weighted by molar-refractivity contribution is 7.86. The molecule has 0 fully saturated rings. The molecule has 0 heterocycles. The summed E-state index contributed by atoms with van der Waals surface area (Å²) in [4.78, 5) is -2.33. The quantitative estimate of drug-likeness (QED) is 0.0203. The third-order valence-electron chi connectivity index (χ3n) is 11.0. The minimum absolute atomic E-state index is 0.00817. The number of aliphatic hydroxyl groups excluding tert-OH is 2. The van der Waals surface area contributed by atoms with Gasteiger partial charge >= 0.3 is 0 Å². The fourth-order valence-electron chi connectivity index (χ4n) is 7.38. The van der Waals surface area contributed by atoms with Crippen LogP contribution in [0.4, 0.5) is 79.6 Å². The molecule has 8 rings (SSSR count). The highest BCUT2D eigenvalue weighted by atomic mass is 32.2. The molecular weight excluding hydrogens is 1060 g/mol. The van der Waals surface area contributed by atoms with Gasteiger partial charge < -0.3 is 47.8 Å². The minimum atomic E-state index is -5.06. The van der Waals surface area contributed by atoms with Gasteiger partial charge in [0.2, 0.25) is 0 Å². The summed E-state index contributed by atoms with van der Waals surface area (Å²) in [5.74, 6) is -1.43. The number of phenolic OH excluding ortho intramolecular Hbond substituents is 2. The third-order valence-corrected chi connectivity index (χ3v) is 13.7. The van der Waals surface area contributed by atoms with Crippen LogP contribution >= 0.6 is 0 Å². The second-order valence-corrected chi connectivity index (χ2v) is 20.6. The molecule has 0 aliphatic heterocycles. The summed E-state index contributed by atoms with van der Waals surface area (Å²) < 4.78 is 106. The fraction of sp³-hybridized carbons (Fsp3) is 0.0833. The first-order chi connectivity index (χ1) is 36.6. The molecule has 0 amide bonds. The Bertz CT molecular complexity index is 4090. The Morgan fingerprint density at radius 3 is 1.23 bits per heavy atom. The summed E-state index contributed by atoms with van der Waals surface area (Å²) >= 11 is 0. The number of nitrogen functional groups attached to an aromatic ring is 2. The molecule has 8 aromatic carbocycles. The molecule has 14 N–H and O–H groups in total. The number of fused-ring (bicyclic) bond motifs is 2. The molecule has 396 valence electrons. The van der Waals surface area contributed by atoms with E-state index >= 15 is 0 Å². The maximum absolute atomic E-state index is 12.7. The topological polar surface area (TPSA) is 431 Å². The van der Waals surface area contributed by atoms with E-state index in [0.29, 0.717) is 35.8 Å². The van der Waals surface area contributed by atoms with Crippen LogP contribution in [0.5, 0.6) is 11.5 Å². The first-order valence-electron chi connectivity index (χ1n) is 22.3. The highest BCUT2D eigenvalue weighted by Gasteiger charge is 2.25. The van der Waals surface area contributed by atoms with E-state index in [-0.39, 0.29) is 80.3 Å². The lowest BCUT2D eigenvalue weighted by molar-refractivity contribution is 0.311. The van der Waals surface area contributed by atoms with Crippen molar-refractivity contribution in [3.05, 3.63) is 127 Å². The molecule has 0 saturated carbocycles. The predicted octanol–water partition coefficient (Wildman–Crippen LogP) is 10.5. The van der Waals surface area contributed by atoms with Crippen LogP contribution in [0.2, 0.25) is 0 Å². The smallest absolute Gasteiger partial charge is 0.296 e. The second kappa shape index (κ2) is 22.4. The van der Waals surface area contributed by atoms with Crippen molar-refractivity contribution in [1.29, 1.82) is 0 Å². The van der Waals surface area contributed by atoms with Crippen molar-refractivity contribution >= 4 is 132 Å². The predicted molar refractivity (Wildman–Crippen MR) is 286 cm³/mol. The van der Waals surface area contributed by atoms with Gasteiger partial charge in [0.25, 0.3) is 30.4 Å². The number of hydrogen-bond acceptors (Lipinski definition) is 23. The minimum Gasteiger partial charge on any atom is -0.505 e. The number of rotatable bonds is 19. The molecular formula is C48H43N13O13S3. The van der Waals surface area contributed by atoms with Crippen LogP contribution in [0, 0.1) is 0 Å². The van der Waals surface area contributed by atoms with Crippen LogP contribution in [0.3, 0.4) is 0 Å². The summed E-state index contributed by atoms with van der Waals surface area (Å²) in [6.07, 6.45) is 0. The van der Waals surface area contributed by atoms with Gasteiger partial charge in [-0.1, -0.05) is 12.1 Å². The number of nitrogens with zero attached hydrogens (tertiary/aromatic N) is 8. The van der Waals surface area contributed by atoms with Gasteiger partial charge in [0.15, 0.2) is 11.5 Å². The number of nitrogens with one attached hydrogen (secondary N) is 3. The lowest BCUT2D eigenvalue weighted by atomic mass is 10.1. The molecule has 8 aromatic rings. The van der Waals surface area contributed by atoms with Gasteiger partial charge in [0.1, 0.15) is 37.4 Å². The zero-order valence-corrected chi connectivity index (χ0v) is 41.9. The molecule has 0 aromatic heterocycles. The van der Waals surface area contributed by atoms with Crippen molar-refractivity contribution in [2.45, 2.75) is 14.7 Å². The molecule has 26 nitrogen and oxygen atoms in total. The molecule has 0 saturated heterocycles. The Hall–Kier alpha value is -9.07. The molecule has 0 bridgehead atoms. The molecule has 77 heavy (non-hydrogen) atoms. The van der Waals surface area contributed by atoms with Crippen molar-refractivity contribution in [2.24, 2.45) is 40.9 Å². The SMILES string of the molecule is Nc1cc(NCCO)ccc1N=Nc1ccc2cc(S(=O)(=O)O)c(N=Nc3ccc(Nc4ccc(N=Nc5c(S(=O)(=O)O)cc6ccc(N=Nc7ccc(NCCO)cc7N)cc6c5O)cc4S(=O)(=O)O)cc3)c(O)c2c1. The number of aromatic hydroxyl groups is 2. The van der Waals surface area contributed by atoms with Crippen molar-refractivity contribution < 1.29 is 59.3 Å². The number of anilines is 6. The Balaban J connectivity index is 1.03. The third kappa shape index (κ3) is 12.9. The van der Waals surface area contributed by atoms with Gasteiger partial charge in [0.05, 0.1) is 53.0 Å². The Morgan fingerprint density at radius 1 is 0.416 bits per heavy atom. The lowest BCUT2D eigenvalue weighted by Gasteiger charge is -2.12. The first-order valence-corrected chi connectivity index (χ1v) is 26.6. The lowest BCUT2D eigenvalue weighted by Crippen LogP contribution is -2.05. The highest BCUT2D eigenvalue weighted by Crippen LogP contribution is 2.45. The average Bonchev–Trinajstić information content (AvgIpc) is 3.38.